The number of nitrogens with one attached hydrogen (secondary N) is 2. The Balaban J connectivity index is 1.73. The highest BCUT2D eigenvalue weighted by Gasteiger charge is 2.45. The van der Waals surface area contributed by atoms with Crippen LogP contribution in [0.2, 0.25) is 0 Å². The van der Waals surface area contributed by atoms with Gasteiger partial charge in [0.25, 0.3) is 0 Å². The predicted octanol–water partition coefficient (Wildman–Crippen LogP) is 0.478. The van der Waals surface area contributed by atoms with Gasteiger partial charge in [-0.2, -0.15) is 0 Å². The Morgan fingerprint density at radius 3 is 2.48 bits per heavy atom. The highest BCUT2D eigenvalue weighted by molar-refractivity contribution is 7.90. The van der Waals surface area contributed by atoms with Crippen LogP contribution in [0.25, 0.3) is 0 Å². The van der Waals surface area contributed by atoms with Gasteiger partial charge in [-0.05, 0) is 25.0 Å². The third-order valence-corrected chi connectivity index (χ3v) is 4.85. The third-order valence-electron chi connectivity index (χ3n) is 3.71. The number of sulfone groups is 1. The summed E-state index contributed by atoms with van der Waals surface area (Å²) in [5, 5.41) is 6.48. The van der Waals surface area contributed by atoms with Crippen LogP contribution in [0.15, 0.2) is 29.5 Å². The van der Waals surface area contributed by atoms with Crippen molar-refractivity contribution in [1.82, 2.24) is 15.2 Å². The lowest BCUT2D eigenvalue weighted by Gasteiger charge is -2.18. The molecule has 1 aromatic heterocycles. The van der Waals surface area contributed by atoms with Crippen LogP contribution in [0.3, 0.4) is 0 Å². The highest BCUT2D eigenvalue weighted by Crippen LogP contribution is 2.45. The van der Waals surface area contributed by atoms with Gasteiger partial charge >= 0.3 is 0 Å². The molecule has 0 radical (unpaired) electrons. The zero-order valence-electron chi connectivity index (χ0n) is 12.7. The summed E-state index contributed by atoms with van der Waals surface area (Å²) in [5.74, 6) is 0.981. The molecule has 2 N–H and O–H groups in total. The van der Waals surface area contributed by atoms with Gasteiger partial charge in [-0.1, -0.05) is 0 Å². The second-order valence-electron chi connectivity index (χ2n) is 5.84. The molecule has 0 unspecified atom stereocenters. The molecule has 1 aliphatic carbocycles. The molecule has 0 bridgehead atoms. The Labute approximate surface area is 126 Å². The van der Waals surface area contributed by atoms with Crippen LogP contribution in [-0.4, -0.2) is 51.1 Å². The quantitative estimate of drug-likeness (QED) is 0.567. The number of aromatic nitrogens is 1. The number of guanidine groups is 1. The Morgan fingerprint density at radius 1 is 1.29 bits per heavy atom. The van der Waals surface area contributed by atoms with Gasteiger partial charge in [0.15, 0.2) is 5.96 Å². The van der Waals surface area contributed by atoms with E-state index in [0.29, 0.717) is 6.54 Å². The summed E-state index contributed by atoms with van der Waals surface area (Å²) in [7, 11) is -1.20. The predicted molar refractivity (Wildman–Crippen MR) is 85.2 cm³/mol. The minimum Gasteiger partial charge on any atom is -0.356 e. The molecule has 0 aromatic carbocycles. The summed E-state index contributed by atoms with van der Waals surface area (Å²) < 4.78 is 24.9. The van der Waals surface area contributed by atoms with E-state index < -0.39 is 9.84 Å². The fraction of sp³-hybridized carbons (Fsp3) is 0.643. The Bertz CT molecular complexity index is 574. The molecule has 1 aromatic rings. The summed E-state index contributed by atoms with van der Waals surface area (Å²) in [6.45, 7) is 2.29. The van der Waals surface area contributed by atoms with Crippen molar-refractivity contribution in [3.63, 3.8) is 0 Å². The second-order valence-corrected chi connectivity index (χ2v) is 7.98. The molecule has 1 fully saturated rings. The van der Waals surface area contributed by atoms with Gasteiger partial charge in [0, 0.05) is 50.7 Å². The molecule has 0 spiro atoms. The molecule has 6 nitrogen and oxygen atoms in total. The molecule has 7 heteroatoms. The zero-order valence-corrected chi connectivity index (χ0v) is 13.5. The minimum atomic E-state index is -2.92. The van der Waals surface area contributed by atoms with Gasteiger partial charge in [0.1, 0.15) is 9.84 Å². The van der Waals surface area contributed by atoms with Crippen molar-refractivity contribution in [2.45, 2.75) is 19.4 Å². The largest absolute Gasteiger partial charge is 0.356 e. The molecule has 0 atom stereocenters. The van der Waals surface area contributed by atoms with Crippen LogP contribution in [0.5, 0.6) is 0 Å². The van der Waals surface area contributed by atoms with Crippen LogP contribution in [-0.2, 0) is 16.4 Å². The van der Waals surface area contributed by atoms with Crippen LogP contribution in [0.1, 0.15) is 12.8 Å². The van der Waals surface area contributed by atoms with E-state index in [2.05, 4.69) is 20.2 Å². The first-order valence-corrected chi connectivity index (χ1v) is 9.22. The standard InChI is InChI=1S/C14H24N4O2S/c1-15-13(16-7-10-18-8-3-4-9-18)17-11-14(5-6-14)12-21(2,19)20/h3-4,8-9H,5-7,10-12H2,1-2H3,(H2,15,16,17). The van der Waals surface area contributed by atoms with Gasteiger partial charge in [0.05, 0.1) is 5.75 Å². The Morgan fingerprint density at radius 2 is 1.95 bits per heavy atom. The minimum absolute atomic E-state index is 0.0916. The third kappa shape index (κ3) is 5.41. The van der Waals surface area contributed by atoms with Crippen LogP contribution in [0, 0.1) is 5.41 Å². The molecule has 1 aliphatic rings. The molecule has 1 saturated carbocycles. The van der Waals surface area contributed by atoms with E-state index in [4.69, 9.17) is 0 Å². The lowest BCUT2D eigenvalue weighted by atomic mass is 10.1. The van der Waals surface area contributed by atoms with Crippen molar-refractivity contribution in [3.05, 3.63) is 24.5 Å². The van der Waals surface area contributed by atoms with Crippen LogP contribution >= 0.6 is 0 Å². The first-order valence-electron chi connectivity index (χ1n) is 7.16. The molecule has 0 saturated heterocycles. The van der Waals surface area contributed by atoms with Crippen LogP contribution in [0.4, 0.5) is 0 Å². The second kappa shape index (κ2) is 6.51. The Hall–Kier alpha value is -1.50. The monoisotopic (exact) mass is 312 g/mol. The van der Waals surface area contributed by atoms with Gasteiger partial charge < -0.3 is 15.2 Å². The van der Waals surface area contributed by atoms with E-state index in [1.807, 2.05) is 24.5 Å². The molecule has 0 amide bonds. The topological polar surface area (TPSA) is 75.5 Å². The fourth-order valence-corrected chi connectivity index (χ4v) is 3.92. The van der Waals surface area contributed by atoms with Crippen molar-refractivity contribution in [3.8, 4) is 0 Å². The molecule has 0 aliphatic heterocycles. The van der Waals surface area contributed by atoms with Gasteiger partial charge in [-0.3, -0.25) is 4.99 Å². The molecule has 1 heterocycles. The number of aliphatic imine (C=N–C) groups is 1. The summed E-state index contributed by atoms with van der Waals surface area (Å²) in [6, 6.07) is 3.99. The maximum absolute atomic E-state index is 11.4. The molecule has 2 rings (SSSR count). The van der Waals surface area contributed by atoms with E-state index in [9.17, 15) is 8.42 Å². The lowest BCUT2D eigenvalue weighted by Crippen LogP contribution is -2.42. The van der Waals surface area contributed by atoms with E-state index in [-0.39, 0.29) is 11.2 Å². The van der Waals surface area contributed by atoms with Crippen molar-refractivity contribution in [2.75, 3.05) is 32.1 Å². The smallest absolute Gasteiger partial charge is 0.191 e. The van der Waals surface area contributed by atoms with E-state index in [1.54, 1.807) is 7.05 Å². The summed E-state index contributed by atoms with van der Waals surface area (Å²) in [6.07, 6.45) is 7.27. The summed E-state index contributed by atoms with van der Waals surface area (Å²) >= 11 is 0. The normalized spacial score (nSPS) is 17.5. The summed E-state index contributed by atoms with van der Waals surface area (Å²) in [5.41, 5.74) is -0.0916. The number of hydrogen-bond acceptors (Lipinski definition) is 3. The maximum Gasteiger partial charge on any atom is 0.191 e. The van der Waals surface area contributed by atoms with Crippen LogP contribution < -0.4 is 10.6 Å². The first kappa shape index (κ1) is 15.9. The van der Waals surface area contributed by atoms with E-state index in [1.165, 1.54) is 6.26 Å². The van der Waals surface area contributed by atoms with E-state index >= 15 is 0 Å². The zero-order chi connectivity index (χ0) is 15.3. The number of hydrogen-bond donors (Lipinski definition) is 2. The number of rotatable bonds is 7. The first-order chi connectivity index (χ1) is 9.92. The SMILES string of the molecule is CN=C(NCCn1cccc1)NCC1(CS(C)(=O)=O)CC1. The summed E-state index contributed by atoms with van der Waals surface area (Å²) in [4.78, 5) is 4.17. The average molecular weight is 312 g/mol. The number of nitrogens with zero attached hydrogens (tertiary/aromatic N) is 2. The van der Waals surface area contributed by atoms with Gasteiger partial charge in [-0.15, -0.1) is 0 Å². The average Bonchev–Trinajstić information content (AvgIpc) is 2.95. The lowest BCUT2D eigenvalue weighted by molar-refractivity contribution is 0.528. The van der Waals surface area contributed by atoms with Gasteiger partial charge in [0.2, 0.25) is 0 Å². The molecule has 118 valence electrons. The Kier molecular flexibility index (Phi) is 4.92. The van der Waals surface area contributed by atoms with Crippen molar-refractivity contribution in [2.24, 2.45) is 10.4 Å². The fourth-order valence-electron chi connectivity index (χ4n) is 2.42. The maximum atomic E-state index is 11.4. The van der Waals surface area contributed by atoms with Crippen molar-refractivity contribution in [1.29, 1.82) is 0 Å². The van der Waals surface area contributed by atoms with E-state index in [0.717, 1.165) is 31.9 Å². The molecular formula is C14H24N4O2S. The molecular weight excluding hydrogens is 288 g/mol. The van der Waals surface area contributed by atoms with Gasteiger partial charge in [-0.25, -0.2) is 8.42 Å². The van der Waals surface area contributed by atoms with Crippen molar-refractivity contribution < 1.29 is 8.42 Å². The highest BCUT2D eigenvalue weighted by atomic mass is 32.2. The molecule has 21 heavy (non-hydrogen) atoms. The van der Waals surface area contributed by atoms with Crippen molar-refractivity contribution >= 4 is 15.8 Å².